The first-order valence-corrected chi connectivity index (χ1v) is 7.24. The van der Waals surface area contributed by atoms with Crippen LogP contribution in [0.15, 0.2) is 59.3 Å². The number of para-hydroxylation sites is 1. The number of aryl methyl sites for hydroxylation is 1. The third-order valence-electron chi connectivity index (χ3n) is 3.41. The van der Waals surface area contributed by atoms with Gasteiger partial charge in [0, 0.05) is 30.9 Å². The molecule has 1 aromatic carbocycles. The van der Waals surface area contributed by atoms with Crippen molar-refractivity contribution < 1.29 is 9.15 Å². The van der Waals surface area contributed by atoms with E-state index in [1.165, 1.54) is 0 Å². The quantitative estimate of drug-likeness (QED) is 0.754. The van der Waals surface area contributed by atoms with E-state index in [9.17, 15) is 0 Å². The van der Waals surface area contributed by atoms with Crippen molar-refractivity contribution in [3.05, 3.63) is 66.2 Å². The minimum atomic E-state index is 0.206. The summed E-state index contributed by atoms with van der Waals surface area (Å²) in [6.45, 7) is 2.73. The van der Waals surface area contributed by atoms with Gasteiger partial charge in [-0.15, -0.1) is 0 Å². The highest BCUT2D eigenvalue weighted by molar-refractivity contribution is 5.26. The lowest BCUT2D eigenvalue weighted by atomic mass is 10.2. The Morgan fingerprint density at radius 3 is 2.77 bits per heavy atom. The van der Waals surface area contributed by atoms with E-state index < -0.39 is 0 Å². The third-order valence-corrected chi connectivity index (χ3v) is 3.41. The summed E-state index contributed by atoms with van der Waals surface area (Å²) in [7, 11) is 1.91. The highest BCUT2D eigenvalue weighted by atomic mass is 16.6. The second-order valence-electron chi connectivity index (χ2n) is 5.19. The van der Waals surface area contributed by atoms with Crippen LogP contribution in [0.5, 0.6) is 11.7 Å². The van der Waals surface area contributed by atoms with Crippen molar-refractivity contribution in [2.45, 2.75) is 19.5 Å². The number of ether oxygens (including phenoxy) is 1. The minimum Gasteiger partial charge on any atom is -0.429 e. The van der Waals surface area contributed by atoms with Crippen LogP contribution in [-0.4, -0.2) is 9.78 Å². The minimum absolute atomic E-state index is 0.206. The summed E-state index contributed by atoms with van der Waals surface area (Å²) in [6, 6.07) is 13.5. The van der Waals surface area contributed by atoms with Gasteiger partial charge in [0.05, 0.1) is 12.7 Å². The molecule has 1 N–H and O–H groups in total. The SMILES string of the molecule is CC(NCc1ccc(Oc2ccccc2)o1)c1cnn(C)c1. The maximum Gasteiger partial charge on any atom is 0.290 e. The van der Waals surface area contributed by atoms with Gasteiger partial charge < -0.3 is 14.5 Å². The lowest BCUT2D eigenvalue weighted by Crippen LogP contribution is -2.17. The van der Waals surface area contributed by atoms with Crippen LogP contribution in [0.1, 0.15) is 24.3 Å². The van der Waals surface area contributed by atoms with Gasteiger partial charge in [0.25, 0.3) is 5.95 Å². The monoisotopic (exact) mass is 297 g/mol. The van der Waals surface area contributed by atoms with Crippen LogP contribution in [0.3, 0.4) is 0 Å². The van der Waals surface area contributed by atoms with Gasteiger partial charge in [-0.2, -0.15) is 5.10 Å². The fraction of sp³-hybridized carbons (Fsp3) is 0.235. The molecule has 1 unspecified atom stereocenters. The fourth-order valence-electron chi connectivity index (χ4n) is 2.15. The summed E-state index contributed by atoms with van der Waals surface area (Å²) >= 11 is 0. The normalized spacial score (nSPS) is 12.3. The Morgan fingerprint density at radius 1 is 1.23 bits per heavy atom. The van der Waals surface area contributed by atoms with Gasteiger partial charge in [0.2, 0.25) is 0 Å². The van der Waals surface area contributed by atoms with Crippen molar-refractivity contribution in [2.75, 3.05) is 0 Å². The number of nitrogens with one attached hydrogen (secondary N) is 1. The fourth-order valence-corrected chi connectivity index (χ4v) is 2.15. The van der Waals surface area contributed by atoms with Gasteiger partial charge >= 0.3 is 0 Å². The molecular formula is C17H19N3O2. The van der Waals surface area contributed by atoms with E-state index in [0.717, 1.165) is 17.1 Å². The molecule has 2 aromatic heterocycles. The number of hydrogen-bond acceptors (Lipinski definition) is 4. The summed E-state index contributed by atoms with van der Waals surface area (Å²) < 4.78 is 13.1. The van der Waals surface area contributed by atoms with E-state index in [0.29, 0.717) is 12.5 Å². The summed E-state index contributed by atoms with van der Waals surface area (Å²) in [5, 5.41) is 7.58. The van der Waals surface area contributed by atoms with Crippen molar-refractivity contribution in [3.8, 4) is 11.7 Å². The number of furan rings is 1. The lowest BCUT2D eigenvalue weighted by molar-refractivity contribution is 0.326. The molecule has 0 amide bonds. The Morgan fingerprint density at radius 2 is 2.05 bits per heavy atom. The van der Waals surface area contributed by atoms with Crippen LogP contribution >= 0.6 is 0 Å². The molecule has 0 radical (unpaired) electrons. The van der Waals surface area contributed by atoms with Crippen LogP contribution in [0.4, 0.5) is 0 Å². The predicted molar refractivity (Wildman–Crippen MR) is 83.7 cm³/mol. The number of hydrogen-bond donors (Lipinski definition) is 1. The average molecular weight is 297 g/mol. The second kappa shape index (κ2) is 6.49. The highest BCUT2D eigenvalue weighted by Crippen LogP contribution is 2.23. The van der Waals surface area contributed by atoms with Gasteiger partial charge in [0.1, 0.15) is 11.5 Å². The molecule has 2 heterocycles. The molecule has 0 spiro atoms. The molecule has 5 nitrogen and oxygen atoms in total. The molecule has 22 heavy (non-hydrogen) atoms. The summed E-state index contributed by atoms with van der Waals surface area (Å²) in [6.07, 6.45) is 3.87. The van der Waals surface area contributed by atoms with E-state index in [1.807, 2.05) is 61.9 Å². The molecule has 0 aliphatic rings. The zero-order valence-corrected chi connectivity index (χ0v) is 12.7. The first-order chi connectivity index (χ1) is 10.7. The van der Waals surface area contributed by atoms with E-state index in [-0.39, 0.29) is 6.04 Å². The third kappa shape index (κ3) is 3.56. The molecule has 0 saturated heterocycles. The Labute approximate surface area is 129 Å². The van der Waals surface area contributed by atoms with E-state index in [2.05, 4.69) is 17.3 Å². The summed E-state index contributed by atoms with van der Waals surface area (Å²) in [5.41, 5.74) is 1.15. The number of aromatic nitrogens is 2. The van der Waals surface area contributed by atoms with Crippen LogP contribution in [0.25, 0.3) is 0 Å². The number of nitrogens with zero attached hydrogens (tertiary/aromatic N) is 2. The Balaban J connectivity index is 1.55. The smallest absolute Gasteiger partial charge is 0.290 e. The van der Waals surface area contributed by atoms with Crippen molar-refractivity contribution in [3.63, 3.8) is 0 Å². The number of rotatable bonds is 6. The zero-order valence-electron chi connectivity index (χ0n) is 12.7. The molecule has 5 heteroatoms. The largest absolute Gasteiger partial charge is 0.429 e. The number of benzene rings is 1. The van der Waals surface area contributed by atoms with Crippen molar-refractivity contribution in [2.24, 2.45) is 7.05 Å². The molecule has 0 aliphatic carbocycles. The van der Waals surface area contributed by atoms with Crippen molar-refractivity contribution in [1.82, 2.24) is 15.1 Å². The van der Waals surface area contributed by atoms with Gasteiger partial charge in [-0.1, -0.05) is 18.2 Å². The molecule has 0 saturated carbocycles. The van der Waals surface area contributed by atoms with Crippen LogP contribution in [0, 0.1) is 0 Å². The molecular weight excluding hydrogens is 278 g/mol. The van der Waals surface area contributed by atoms with Crippen LogP contribution in [-0.2, 0) is 13.6 Å². The van der Waals surface area contributed by atoms with Crippen molar-refractivity contribution >= 4 is 0 Å². The first-order valence-electron chi connectivity index (χ1n) is 7.24. The maximum atomic E-state index is 5.67. The molecule has 1 atom stereocenters. The van der Waals surface area contributed by atoms with E-state index >= 15 is 0 Å². The molecule has 0 bridgehead atoms. The van der Waals surface area contributed by atoms with Gasteiger partial charge in [-0.3, -0.25) is 4.68 Å². The van der Waals surface area contributed by atoms with Crippen LogP contribution < -0.4 is 10.1 Å². The zero-order chi connectivity index (χ0) is 15.4. The predicted octanol–water partition coefficient (Wildman–Crippen LogP) is 3.66. The molecule has 3 aromatic rings. The Bertz CT molecular complexity index is 718. The standard InChI is InChI=1S/C17H19N3O2/c1-13(14-10-19-20(2)12-14)18-11-16-8-9-17(22-16)21-15-6-4-3-5-7-15/h3-10,12-13,18H,11H2,1-2H3. The van der Waals surface area contributed by atoms with Gasteiger partial charge in [0.15, 0.2) is 0 Å². The van der Waals surface area contributed by atoms with Crippen LogP contribution in [0.2, 0.25) is 0 Å². The highest BCUT2D eigenvalue weighted by Gasteiger charge is 2.09. The molecule has 0 aliphatic heterocycles. The lowest BCUT2D eigenvalue weighted by Gasteiger charge is -2.10. The van der Waals surface area contributed by atoms with E-state index in [1.54, 1.807) is 4.68 Å². The van der Waals surface area contributed by atoms with Gasteiger partial charge in [-0.05, 0) is 25.1 Å². The molecule has 114 valence electrons. The van der Waals surface area contributed by atoms with Crippen molar-refractivity contribution in [1.29, 1.82) is 0 Å². The topological polar surface area (TPSA) is 52.2 Å². The Hall–Kier alpha value is -2.53. The molecule has 0 fully saturated rings. The van der Waals surface area contributed by atoms with E-state index in [4.69, 9.17) is 9.15 Å². The maximum absolute atomic E-state index is 5.67. The average Bonchev–Trinajstić information content (AvgIpc) is 3.15. The van der Waals surface area contributed by atoms with Gasteiger partial charge in [-0.25, -0.2) is 0 Å². The first kappa shape index (κ1) is 14.4. The Kier molecular flexibility index (Phi) is 4.25. The summed E-state index contributed by atoms with van der Waals surface area (Å²) in [4.78, 5) is 0. The second-order valence-corrected chi connectivity index (χ2v) is 5.19. The molecule has 3 rings (SSSR count). The summed E-state index contributed by atoms with van der Waals surface area (Å²) in [5.74, 6) is 2.10.